The van der Waals surface area contributed by atoms with Crippen LogP contribution in [0, 0.1) is 0 Å². The molecule has 0 aliphatic heterocycles. The summed E-state index contributed by atoms with van der Waals surface area (Å²) >= 11 is 1.39. The van der Waals surface area contributed by atoms with Crippen molar-refractivity contribution in [2.45, 2.75) is 43.8 Å². The lowest BCUT2D eigenvalue weighted by atomic mass is 10.2. The number of amides is 2. The predicted molar refractivity (Wildman–Crippen MR) is 127 cm³/mol. The number of carboxylic acids is 1. The molecule has 2 aromatic rings. The van der Waals surface area contributed by atoms with Gasteiger partial charge in [0.25, 0.3) is 0 Å². The number of hydrogen-bond donors (Lipinski definition) is 3. The molecule has 2 aromatic carbocycles. The van der Waals surface area contributed by atoms with Crippen molar-refractivity contribution in [3.05, 3.63) is 60.2 Å². The van der Waals surface area contributed by atoms with Crippen molar-refractivity contribution in [1.29, 1.82) is 0 Å². The number of nitrogens with one attached hydrogen (secondary N) is 2. The molecular weight excluding hydrogens is 428 g/mol. The molecule has 0 aromatic heterocycles. The normalized spacial score (nSPS) is 12.0. The van der Waals surface area contributed by atoms with Gasteiger partial charge < -0.3 is 20.5 Å². The van der Waals surface area contributed by atoms with Crippen LogP contribution in [-0.4, -0.2) is 34.7 Å². The summed E-state index contributed by atoms with van der Waals surface area (Å²) in [6.45, 7) is 5.95. The van der Waals surface area contributed by atoms with Gasteiger partial charge in [-0.2, -0.15) is 0 Å². The molecule has 2 rings (SSSR count). The summed E-state index contributed by atoms with van der Waals surface area (Å²) in [6.07, 6.45) is 3.11. The number of ether oxygens (including phenoxy) is 1. The number of hydrogen-bond acceptors (Lipinski definition) is 5. The van der Waals surface area contributed by atoms with Gasteiger partial charge in [0.1, 0.15) is 5.75 Å². The smallest absolute Gasteiger partial charge is 0.331 e. The van der Waals surface area contributed by atoms with E-state index < -0.39 is 11.9 Å². The first-order valence-corrected chi connectivity index (χ1v) is 11.2. The monoisotopic (exact) mass is 456 g/mol. The molecule has 0 saturated carbocycles. The molecule has 7 nitrogen and oxygen atoms in total. The number of rotatable bonds is 11. The van der Waals surface area contributed by atoms with E-state index in [0.717, 1.165) is 29.6 Å². The van der Waals surface area contributed by atoms with Gasteiger partial charge in [-0.05, 0) is 68.8 Å². The molecule has 0 unspecified atom stereocenters. The van der Waals surface area contributed by atoms with Gasteiger partial charge in [-0.15, -0.1) is 11.8 Å². The van der Waals surface area contributed by atoms with Crippen LogP contribution in [0.1, 0.15) is 33.6 Å². The van der Waals surface area contributed by atoms with Crippen molar-refractivity contribution in [2.24, 2.45) is 0 Å². The van der Waals surface area contributed by atoms with Gasteiger partial charge in [0.05, 0.1) is 11.9 Å². The van der Waals surface area contributed by atoms with Crippen LogP contribution in [0.25, 0.3) is 0 Å². The van der Waals surface area contributed by atoms with Crippen LogP contribution in [-0.2, 0) is 14.4 Å². The minimum absolute atomic E-state index is 0.0480. The minimum Gasteiger partial charge on any atom is -0.494 e. The first-order chi connectivity index (χ1) is 15.3. The fraction of sp³-hybridized carbons (Fsp3) is 0.292. The van der Waals surface area contributed by atoms with Crippen LogP contribution in [0.4, 0.5) is 11.4 Å². The molecule has 1 atom stereocenters. The van der Waals surface area contributed by atoms with E-state index in [9.17, 15) is 14.4 Å². The van der Waals surface area contributed by atoms with E-state index in [1.807, 2.05) is 31.2 Å². The molecule has 0 bridgehead atoms. The number of aliphatic carboxylic acids is 1. The maximum atomic E-state index is 12.5. The van der Waals surface area contributed by atoms with Gasteiger partial charge in [-0.3, -0.25) is 9.59 Å². The average Bonchev–Trinajstić information content (AvgIpc) is 2.76. The van der Waals surface area contributed by atoms with Gasteiger partial charge in [0, 0.05) is 27.9 Å². The molecule has 0 aliphatic carbocycles. The van der Waals surface area contributed by atoms with Gasteiger partial charge in [-0.25, -0.2) is 4.79 Å². The summed E-state index contributed by atoms with van der Waals surface area (Å²) in [5.74, 6) is -1.00. The van der Waals surface area contributed by atoms with E-state index in [0.29, 0.717) is 18.0 Å². The van der Waals surface area contributed by atoms with Crippen molar-refractivity contribution in [1.82, 2.24) is 0 Å². The molecule has 2 amide bonds. The second-order valence-corrected chi connectivity index (χ2v) is 8.54. The zero-order chi connectivity index (χ0) is 23.5. The van der Waals surface area contributed by atoms with E-state index in [2.05, 4.69) is 17.6 Å². The molecule has 170 valence electrons. The van der Waals surface area contributed by atoms with Gasteiger partial charge in [0.15, 0.2) is 0 Å². The van der Waals surface area contributed by atoms with E-state index >= 15 is 0 Å². The van der Waals surface area contributed by atoms with E-state index in [1.165, 1.54) is 18.7 Å². The zero-order valence-corrected chi connectivity index (χ0v) is 19.2. The third-order valence-corrected chi connectivity index (χ3v) is 5.49. The van der Waals surface area contributed by atoms with Crippen LogP contribution in [0.2, 0.25) is 0 Å². The highest BCUT2D eigenvalue weighted by Crippen LogP contribution is 2.26. The Bertz CT molecular complexity index is 955. The molecule has 0 radical (unpaired) electrons. The lowest BCUT2D eigenvalue weighted by molar-refractivity contribution is -0.132. The summed E-state index contributed by atoms with van der Waals surface area (Å²) in [7, 11) is 0. The first-order valence-electron chi connectivity index (χ1n) is 10.3. The lowest BCUT2D eigenvalue weighted by Gasteiger charge is -2.13. The summed E-state index contributed by atoms with van der Waals surface area (Å²) in [5.41, 5.74) is 1.19. The zero-order valence-electron chi connectivity index (χ0n) is 18.4. The number of unbranched alkanes of at least 4 members (excludes halogenated alkanes) is 1. The molecule has 3 N–H and O–H groups in total. The van der Waals surface area contributed by atoms with Crippen molar-refractivity contribution in [2.75, 3.05) is 17.2 Å². The Morgan fingerprint density at radius 1 is 1.03 bits per heavy atom. The number of benzene rings is 2. The second kappa shape index (κ2) is 12.6. The maximum absolute atomic E-state index is 12.5. The highest BCUT2D eigenvalue weighted by atomic mass is 32.2. The molecule has 32 heavy (non-hydrogen) atoms. The van der Waals surface area contributed by atoms with E-state index in [4.69, 9.17) is 9.84 Å². The number of carboxylic acid groups (broad SMARTS) is 1. The lowest BCUT2D eigenvalue weighted by Crippen LogP contribution is -2.22. The SMILES string of the molecule is CCCCOc1ccc(NC(=O)[C@@H](C)Sc2ccc(NC(=O)/C=C(\C)C(=O)O)cc2)cc1. The molecule has 8 heteroatoms. The Morgan fingerprint density at radius 2 is 1.62 bits per heavy atom. The Hall–Kier alpha value is -3.26. The van der Waals surface area contributed by atoms with Crippen LogP contribution in [0.15, 0.2) is 65.1 Å². The summed E-state index contributed by atoms with van der Waals surface area (Å²) in [6, 6.07) is 14.3. The third-order valence-electron chi connectivity index (χ3n) is 4.38. The predicted octanol–water partition coefficient (Wildman–Crippen LogP) is 4.95. The Balaban J connectivity index is 1.85. The number of carbonyl (C=O) groups excluding carboxylic acids is 2. The van der Waals surface area contributed by atoms with E-state index in [1.54, 1.807) is 24.3 Å². The Kier molecular flexibility index (Phi) is 9.81. The van der Waals surface area contributed by atoms with Crippen LogP contribution < -0.4 is 15.4 Å². The fourth-order valence-electron chi connectivity index (χ4n) is 2.52. The van der Waals surface area contributed by atoms with E-state index in [-0.39, 0.29) is 16.7 Å². The van der Waals surface area contributed by atoms with Crippen molar-refractivity contribution >= 4 is 40.9 Å². The second-order valence-electron chi connectivity index (χ2n) is 7.12. The fourth-order valence-corrected chi connectivity index (χ4v) is 3.39. The highest BCUT2D eigenvalue weighted by Gasteiger charge is 2.15. The van der Waals surface area contributed by atoms with Crippen LogP contribution in [0.3, 0.4) is 0 Å². The molecule has 0 fully saturated rings. The summed E-state index contributed by atoms with van der Waals surface area (Å²) in [5, 5.41) is 14.0. The quantitative estimate of drug-likeness (QED) is 0.251. The summed E-state index contributed by atoms with van der Waals surface area (Å²) in [4.78, 5) is 36.0. The molecule has 0 aliphatic rings. The van der Waals surface area contributed by atoms with Crippen molar-refractivity contribution in [3.8, 4) is 5.75 Å². The Labute approximate surface area is 192 Å². The maximum Gasteiger partial charge on any atom is 0.331 e. The third kappa shape index (κ3) is 8.47. The molecule has 0 saturated heterocycles. The topological polar surface area (TPSA) is 105 Å². The number of carbonyl (C=O) groups is 3. The first kappa shape index (κ1) is 25.0. The molecule has 0 heterocycles. The Morgan fingerprint density at radius 3 is 2.22 bits per heavy atom. The average molecular weight is 457 g/mol. The van der Waals surface area contributed by atoms with Crippen molar-refractivity contribution < 1.29 is 24.2 Å². The largest absolute Gasteiger partial charge is 0.494 e. The minimum atomic E-state index is -1.14. The number of thioether (sulfide) groups is 1. The standard InChI is InChI=1S/C24H28N2O5S/c1-4-5-14-31-20-10-6-19(7-11-20)26-23(28)17(3)32-21-12-8-18(9-13-21)25-22(27)15-16(2)24(29)30/h6-13,15,17H,4-5,14H2,1-3H3,(H,25,27)(H,26,28)(H,29,30)/b16-15+/t17-/m1/s1. The van der Waals surface area contributed by atoms with Gasteiger partial charge in [-0.1, -0.05) is 13.3 Å². The highest BCUT2D eigenvalue weighted by molar-refractivity contribution is 8.00. The van der Waals surface area contributed by atoms with Gasteiger partial charge in [0.2, 0.25) is 11.8 Å². The molecule has 0 spiro atoms. The van der Waals surface area contributed by atoms with Gasteiger partial charge >= 0.3 is 5.97 Å². The summed E-state index contributed by atoms with van der Waals surface area (Å²) < 4.78 is 5.62. The van der Waals surface area contributed by atoms with Crippen LogP contribution in [0.5, 0.6) is 5.75 Å². The number of anilines is 2. The molecular formula is C24H28N2O5S. The van der Waals surface area contributed by atoms with Crippen molar-refractivity contribution in [3.63, 3.8) is 0 Å². The van der Waals surface area contributed by atoms with Crippen LogP contribution >= 0.6 is 11.8 Å².